The Morgan fingerprint density at radius 3 is 2.77 bits per heavy atom. The van der Waals surface area contributed by atoms with Gasteiger partial charge in [-0.15, -0.1) is 0 Å². The molecule has 0 aliphatic rings. The maximum absolute atomic E-state index is 7.11. The van der Waals surface area contributed by atoms with Crippen molar-refractivity contribution in [3.8, 4) is 5.75 Å². The van der Waals surface area contributed by atoms with Crippen LogP contribution in [0.3, 0.4) is 0 Å². The number of hydrogen-bond donors (Lipinski definition) is 2. The van der Waals surface area contributed by atoms with Crippen molar-refractivity contribution < 1.29 is 4.74 Å². The van der Waals surface area contributed by atoms with Crippen LogP contribution in [0.4, 0.5) is 0 Å². The third-order valence-electron chi connectivity index (χ3n) is 1.86. The Bertz CT molecular complexity index is 297. The summed E-state index contributed by atoms with van der Waals surface area (Å²) in [5, 5.41) is 7.11. The Hall–Kier alpha value is -1.51. The second-order valence-electron chi connectivity index (χ2n) is 2.84. The molecule has 0 aliphatic carbocycles. The molecule has 0 radical (unpaired) electrons. The number of rotatable bonds is 4. The van der Waals surface area contributed by atoms with Crippen molar-refractivity contribution in [1.29, 1.82) is 5.41 Å². The molecule has 3 nitrogen and oxygen atoms in total. The fraction of sp³-hybridized carbons (Fsp3) is 0.300. The van der Waals surface area contributed by atoms with Crippen molar-refractivity contribution in [2.24, 2.45) is 5.73 Å². The van der Waals surface area contributed by atoms with Gasteiger partial charge in [-0.3, -0.25) is 5.41 Å². The van der Waals surface area contributed by atoms with Gasteiger partial charge in [0.1, 0.15) is 5.75 Å². The first-order valence-electron chi connectivity index (χ1n) is 4.19. The summed E-state index contributed by atoms with van der Waals surface area (Å²) in [6, 6.07) is 7.78. The van der Waals surface area contributed by atoms with E-state index in [0.717, 1.165) is 17.7 Å². The quantitative estimate of drug-likeness (QED) is 0.543. The zero-order valence-corrected chi connectivity index (χ0v) is 7.71. The third-order valence-corrected chi connectivity index (χ3v) is 1.86. The Kier molecular flexibility index (Phi) is 3.31. The van der Waals surface area contributed by atoms with E-state index < -0.39 is 0 Å². The molecule has 13 heavy (non-hydrogen) atoms. The van der Waals surface area contributed by atoms with Gasteiger partial charge < -0.3 is 10.5 Å². The molecule has 0 saturated heterocycles. The lowest BCUT2D eigenvalue weighted by atomic mass is 10.1. The summed E-state index contributed by atoms with van der Waals surface area (Å²) in [6.45, 7) is 0. The largest absolute Gasteiger partial charge is 0.496 e. The molecule has 0 unspecified atom stereocenters. The highest BCUT2D eigenvalue weighted by atomic mass is 16.5. The topological polar surface area (TPSA) is 59.1 Å². The summed E-state index contributed by atoms with van der Waals surface area (Å²) in [6.07, 6.45) is 1.35. The SMILES string of the molecule is COc1ccccc1CCC(=N)N. The van der Waals surface area contributed by atoms with E-state index in [1.165, 1.54) is 0 Å². The van der Waals surface area contributed by atoms with Gasteiger partial charge in [-0.25, -0.2) is 0 Å². The van der Waals surface area contributed by atoms with Crippen LogP contribution in [-0.2, 0) is 6.42 Å². The Morgan fingerprint density at radius 2 is 2.15 bits per heavy atom. The molecule has 0 saturated carbocycles. The van der Waals surface area contributed by atoms with Gasteiger partial charge in [0, 0.05) is 6.42 Å². The van der Waals surface area contributed by atoms with E-state index in [9.17, 15) is 0 Å². The van der Waals surface area contributed by atoms with E-state index in [0.29, 0.717) is 6.42 Å². The lowest BCUT2D eigenvalue weighted by Gasteiger charge is -2.06. The van der Waals surface area contributed by atoms with Gasteiger partial charge in [0.25, 0.3) is 0 Å². The number of nitrogens with two attached hydrogens (primary N) is 1. The molecule has 3 N–H and O–H groups in total. The normalized spacial score (nSPS) is 9.62. The van der Waals surface area contributed by atoms with Crippen LogP contribution in [-0.4, -0.2) is 12.9 Å². The van der Waals surface area contributed by atoms with E-state index in [2.05, 4.69) is 0 Å². The minimum absolute atomic E-state index is 0.214. The summed E-state index contributed by atoms with van der Waals surface area (Å²) in [4.78, 5) is 0. The first kappa shape index (κ1) is 9.58. The zero-order valence-electron chi connectivity index (χ0n) is 7.71. The number of methoxy groups -OCH3 is 1. The van der Waals surface area contributed by atoms with Crippen LogP contribution in [0.25, 0.3) is 0 Å². The molecule has 70 valence electrons. The van der Waals surface area contributed by atoms with Gasteiger partial charge in [0.15, 0.2) is 0 Å². The Balaban J connectivity index is 2.69. The summed E-state index contributed by atoms with van der Waals surface area (Å²) in [5.41, 5.74) is 6.37. The number of aryl methyl sites for hydroxylation is 1. The second kappa shape index (κ2) is 4.50. The van der Waals surface area contributed by atoms with Gasteiger partial charge >= 0.3 is 0 Å². The molecule has 0 spiro atoms. The molecule has 0 bridgehead atoms. The molecule has 3 heteroatoms. The van der Waals surface area contributed by atoms with Crippen LogP contribution >= 0.6 is 0 Å². The molecule has 1 aromatic rings. The van der Waals surface area contributed by atoms with Crippen LogP contribution in [0, 0.1) is 5.41 Å². The van der Waals surface area contributed by atoms with E-state index >= 15 is 0 Å². The lowest BCUT2D eigenvalue weighted by Crippen LogP contribution is -2.10. The first-order chi connectivity index (χ1) is 6.24. The zero-order chi connectivity index (χ0) is 9.68. The summed E-state index contributed by atoms with van der Waals surface area (Å²) < 4.78 is 5.17. The lowest BCUT2D eigenvalue weighted by molar-refractivity contribution is 0.410. The van der Waals surface area contributed by atoms with Crippen molar-refractivity contribution in [2.75, 3.05) is 7.11 Å². The van der Waals surface area contributed by atoms with Crippen molar-refractivity contribution >= 4 is 5.84 Å². The van der Waals surface area contributed by atoms with Crippen LogP contribution in [0.15, 0.2) is 24.3 Å². The first-order valence-corrected chi connectivity index (χ1v) is 4.19. The number of ether oxygens (including phenoxy) is 1. The molecule has 0 heterocycles. The fourth-order valence-electron chi connectivity index (χ4n) is 1.18. The highest BCUT2D eigenvalue weighted by molar-refractivity contribution is 5.77. The van der Waals surface area contributed by atoms with Gasteiger partial charge in [0.2, 0.25) is 0 Å². The number of hydrogen-bond acceptors (Lipinski definition) is 2. The molecule has 0 aliphatic heterocycles. The van der Waals surface area contributed by atoms with Crippen LogP contribution in [0.5, 0.6) is 5.75 Å². The molecular weight excluding hydrogens is 164 g/mol. The van der Waals surface area contributed by atoms with Gasteiger partial charge in [0.05, 0.1) is 12.9 Å². The summed E-state index contributed by atoms with van der Waals surface area (Å²) in [7, 11) is 1.65. The molecule has 1 aromatic carbocycles. The fourth-order valence-corrected chi connectivity index (χ4v) is 1.18. The standard InChI is InChI=1S/C10H14N2O/c1-13-9-5-3-2-4-8(9)6-7-10(11)12/h2-5H,6-7H2,1H3,(H3,11,12). The number of amidine groups is 1. The smallest absolute Gasteiger partial charge is 0.122 e. The highest BCUT2D eigenvalue weighted by Gasteiger charge is 2.01. The summed E-state index contributed by atoms with van der Waals surface area (Å²) >= 11 is 0. The van der Waals surface area contributed by atoms with Crippen molar-refractivity contribution in [3.63, 3.8) is 0 Å². The maximum Gasteiger partial charge on any atom is 0.122 e. The van der Waals surface area contributed by atoms with E-state index in [1.54, 1.807) is 7.11 Å². The molecule has 0 amide bonds. The Morgan fingerprint density at radius 1 is 1.46 bits per heavy atom. The van der Waals surface area contributed by atoms with Crippen LogP contribution < -0.4 is 10.5 Å². The van der Waals surface area contributed by atoms with E-state index in [1.807, 2.05) is 24.3 Å². The van der Waals surface area contributed by atoms with Gasteiger partial charge in [-0.2, -0.15) is 0 Å². The average molecular weight is 178 g/mol. The highest BCUT2D eigenvalue weighted by Crippen LogP contribution is 2.18. The predicted molar refractivity (Wildman–Crippen MR) is 53.2 cm³/mol. The minimum atomic E-state index is 0.214. The molecule has 0 aromatic heterocycles. The third kappa shape index (κ3) is 2.78. The maximum atomic E-state index is 7.11. The van der Waals surface area contributed by atoms with Gasteiger partial charge in [-0.05, 0) is 18.1 Å². The van der Waals surface area contributed by atoms with E-state index in [-0.39, 0.29) is 5.84 Å². The van der Waals surface area contributed by atoms with Crippen molar-refractivity contribution in [3.05, 3.63) is 29.8 Å². The molecule has 0 fully saturated rings. The predicted octanol–water partition coefficient (Wildman–Crippen LogP) is 1.56. The van der Waals surface area contributed by atoms with Crippen LogP contribution in [0.2, 0.25) is 0 Å². The Labute approximate surface area is 78.0 Å². The second-order valence-corrected chi connectivity index (χ2v) is 2.84. The minimum Gasteiger partial charge on any atom is -0.496 e. The average Bonchev–Trinajstić information content (AvgIpc) is 2.15. The van der Waals surface area contributed by atoms with Crippen molar-refractivity contribution in [1.82, 2.24) is 0 Å². The molecule has 1 rings (SSSR count). The van der Waals surface area contributed by atoms with Crippen molar-refractivity contribution in [2.45, 2.75) is 12.8 Å². The van der Waals surface area contributed by atoms with E-state index in [4.69, 9.17) is 15.9 Å². The number of benzene rings is 1. The number of para-hydroxylation sites is 1. The molecule has 0 atom stereocenters. The summed E-state index contributed by atoms with van der Waals surface area (Å²) in [5.74, 6) is 1.08. The monoisotopic (exact) mass is 178 g/mol. The molecular formula is C10H14N2O. The van der Waals surface area contributed by atoms with Crippen LogP contribution in [0.1, 0.15) is 12.0 Å². The number of nitrogens with one attached hydrogen (secondary N) is 1. The van der Waals surface area contributed by atoms with Gasteiger partial charge in [-0.1, -0.05) is 18.2 Å².